The van der Waals surface area contributed by atoms with Crippen LogP contribution in [0.5, 0.6) is 0 Å². The molecule has 90 valence electrons. The quantitative estimate of drug-likeness (QED) is 0.883. The highest BCUT2D eigenvalue weighted by Gasteiger charge is 2.10. The van der Waals surface area contributed by atoms with Gasteiger partial charge < -0.3 is 5.32 Å². The minimum atomic E-state index is 0.793. The molecule has 0 aliphatic carbocycles. The topological polar surface area (TPSA) is 50.7 Å². The molecule has 2 rings (SSSR count). The fourth-order valence-electron chi connectivity index (χ4n) is 1.78. The Labute approximate surface area is 105 Å². The van der Waals surface area contributed by atoms with E-state index in [1.807, 2.05) is 11.6 Å². The Morgan fingerprint density at radius 1 is 1.24 bits per heavy atom. The maximum atomic E-state index is 4.38. The molecule has 1 N–H and O–H groups in total. The summed E-state index contributed by atoms with van der Waals surface area (Å²) in [4.78, 5) is 13.0. The van der Waals surface area contributed by atoms with Gasteiger partial charge in [0.05, 0.1) is 10.7 Å². The molecule has 0 spiro atoms. The van der Waals surface area contributed by atoms with Gasteiger partial charge in [-0.25, -0.2) is 15.0 Å². The second kappa shape index (κ2) is 5.72. The van der Waals surface area contributed by atoms with E-state index >= 15 is 0 Å². The van der Waals surface area contributed by atoms with Crippen LogP contribution in [0, 0.1) is 0 Å². The van der Waals surface area contributed by atoms with E-state index in [4.69, 9.17) is 0 Å². The molecular formula is C12H16N4S. The molecule has 0 bridgehead atoms. The molecule has 17 heavy (non-hydrogen) atoms. The normalized spacial score (nSPS) is 10.5. The van der Waals surface area contributed by atoms with Crippen LogP contribution in [0.4, 0.5) is 5.82 Å². The molecule has 2 heterocycles. The number of hydrogen-bond donors (Lipinski definition) is 1. The average molecular weight is 248 g/mol. The Morgan fingerprint density at radius 3 is 2.76 bits per heavy atom. The summed E-state index contributed by atoms with van der Waals surface area (Å²) in [6.07, 6.45) is 5.18. The van der Waals surface area contributed by atoms with Crippen molar-refractivity contribution in [1.82, 2.24) is 15.0 Å². The fourth-order valence-corrected chi connectivity index (χ4v) is 2.40. The van der Waals surface area contributed by atoms with Gasteiger partial charge in [0.15, 0.2) is 0 Å². The van der Waals surface area contributed by atoms with Crippen molar-refractivity contribution in [3.05, 3.63) is 34.2 Å². The lowest BCUT2D eigenvalue weighted by Gasteiger charge is -2.11. The largest absolute Gasteiger partial charge is 0.370 e. The third-order valence-electron chi connectivity index (χ3n) is 2.53. The summed E-state index contributed by atoms with van der Waals surface area (Å²) in [5.41, 5.74) is 2.28. The van der Waals surface area contributed by atoms with E-state index < -0.39 is 0 Å². The van der Waals surface area contributed by atoms with Gasteiger partial charge in [0.25, 0.3) is 0 Å². The van der Waals surface area contributed by atoms with Crippen molar-refractivity contribution >= 4 is 17.2 Å². The van der Waals surface area contributed by atoms with Gasteiger partial charge in [-0.05, 0) is 13.3 Å². The third-order valence-corrected chi connectivity index (χ3v) is 3.31. The van der Waals surface area contributed by atoms with E-state index in [0.29, 0.717) is 0 Å². The van der Waals surface area contributed by atoms with Crippen molar-refractivity contribution in [3.8, 4) is 0 Å². The van der Waals surface area contributed by atoms with Crippen LogP contribution in [0.3, 0.4) is 0 Å². The number of rotatable bonds is 5. The molecule has 4 nitrogen and oxygen atoms in total. The van der Waals surface area contributed by atoms with E-state index in [1.54, 1.807) is 17.7 Å². The van der Waals surface area contributed by atoms with E-state index in [9.17, 15) is 0 Å². The molecule has 0 saturated heterocycles. The smallest absolute Gasteiger partial charge is 0.132 e. The van der Waals surface area contributed by atoms with Gasteiger partial charge >= 0.3 is 0 Å². The summed E-state index contributed by atoms with van der Waals surface area (Å²) in [5, 5.41) is 6.37. The van der Waals surface area contributed by atoms with Crippen LogP contribution < -0.4 is 5.32 Å². The Morgan fingerprint density at radius 2 is 2.12 bits per heavy atom. The molecule has 0 unspecified atom stereocenters. The van der Waals surface area contributed by atoms with Crippen molar-refractivity contribution in [3.63, 3.8) is 0 Å². The molecule has 0 radical (unpaired) electrons. The van der Waals surface area contributed by atoms with Crippen LogP contribution in [0.2, 0.25) is 0 Å². The predicted molar refractivity (Wildman–Crippen MR) is 70.5 cm³/mol. The van der Waals surface area contributed by atoms with Crippen LogP contribution in [0.25, 0.3) is 0 Å². The lowest BCUT2D eigenvalue weighted by molar-refractivity contribution is 0.937. The summed E-state index contributed by atoms with van der Waals surface area (Å²) in [6.45, 7) is 5.08. The van der Waals surface area contributed by atoms with E-state index in [1.165, 1.54) is 5.56 Å². The van der Waals surface area contributed by atoms with Crippen LogP contribution in [-0.2, 0) is 12.8 Å². The van der Waals surface area contributed by atoms with Gasteiger partial charge in [-0.1, -0.05) is 6.92 Å². The summed E-state index contributed by atoms with van der Waals surface area (Å²) >= 11 is 1.66. The Bertz CT molecular complexity index is 467. The molecule has 5 heteroatoms. The molecule has 0 atom stereocenters. The predicted octanol–water partition coefficient (Wildman–Crippen LogP) is 2.52. The number of aromatic nitrogens is 3. The zero-order valence-electron chi connectivity index (χ0n) is 10.1. The van der Waals surface area contributed by atoms with E-state index in [2.05, 4.69) is 34.1 Å². The summed E-state index contributed by atoms with van der Waals surface area (Å²) in [5.74, 6) is 0.955. The van der Waals surface area contributed by atoms with Gasteiger partial charge in [0, 0.05) is 30.1 Å². The highest BCUT2D eigenvalue weighted by atomic mass is 32.1. The van der Waals surface area contributed by atoms with Gasteiger partial charge in [-0.3, -0.25) is 0 Å². The first-order chi connectivity index (χ1) is 8.35. The Balaban J connectivity index is 2.29. The zero-order valence-corrected chi connectivity index (χ0v) is 10.9. The molecule has 2 aromatic heterocycles. The van der Waals surface area contributed by atoms with Gasteiger partial charge in [-0.2, -0.15) is 0 Å². The first-order valence-corrected chi connectivity index (χ1v) is 6.68. The maximum absolute atomic E-state index is 4.38. The third kappa shape index (κ3) is 2.79. The van der Waals surface area contributed by atoms with Crippen molar-refractivity contribution < 1.29 is 0 Å². The second-order valence-corrected chi connectivity index (χ2v) is 4.61. The van der Waals surface area contributed by atoms with Crippen molar-refractivity contribution in [2.45, 2.75) is 26.7 Å². The SMILES string of the molecule is CCNc1ncnc(Cc2nccs2)c1CC. The van der Waals surface area contributed by atoms with Gasteiger partial charge in [0.2, 0.25) is 0 Å². The second-order valence-electron chi connectivity index (χ2n) is 3.63. The lowest BCUT2D eigenvalue weighted by atomic mass is 10.1. The van der Waals surface area contributed by atoms with Crippen molar-refractivity contribution in [2.75, 3.05) is 11.9 Å². The average Bonchev–Trinajstić information content (AvgIpc) is 2.83. The molecule has 0 fully saturated rings. The zero-order chi connectivity index (χ0) is 12.1. The highest BCUT2D eigenvalue weighted by molar-refractivity contribution is 7.09. The molecule has 2 aromatic rings. The van der Waals surface area contributed by atoms with Crippen molar-refractivity contribution in [2.24, 2.45) is 0 Å². The Kier molecular flexibility index (Phi) is 4.03. The summed E-state index contributed by atoms with van der Waals surface area (Å²) in [6, 6.07) is 0. The van der Waals surface area contributed by atoms with Gasteiger partial charge in [-0.15, -0.1) is 11.3 Å². The monoisotopic (exact) mass is 248 g/mol. The summed E-state index contributed by atoms with van der Waals surface area (Å²) < 4.78 is 0. The maximum Gasteiger partial charge on any atom is 0.132 e. The number of nitrogens with one attached hydrogen (secondary N) is 1. The highest BCUT2D eigenvalue weighted by Crippen LogP contribution is 2.19. The van der Waals surface area contributed by atoms with E-state index in [0.717, 1.165) is 35.9 Å². The number of hydrogen-bond acceptors (Lipinski definition) is 5. The molecule has 0 aliphatic heterocycles. The fraction of sp³-hybridized carbons (Fsp3) is 0.417. The van der Waals surface area contributed by atoms with Crippen LogP contribution in [0.15, 0.2) is 17.9 Å². The van der Waals surface area contributed by atoms with E-state index in [-0.39, 0.29) is 0 Å². The van der Waals surface area contributed by atoms with Crippen molar-refractivity contribution in [1.29, 1.82) is 0 Å². The number of anilines is 1. The van der Waals surface area contributed by atoms with Crippen LogP contribution >= 0.6 is 11.3 Å². The molecule has 0 saturated carbocycles. The van der Waals surface area contributed by atoms with Gasteiger partial charge in [0.1, 0.15) is 12.1 Å². The summed E-state index contributed by atoms with van der Waals surface area (Å²) in [7, 11) is 0. The number of thiazole rings is 1. The number of nitrogens with zero attached hydrogens (tertiary/aromatic N) is 3. The standard InChI is InChI=1S/C12H16N4S/c1-3-9-10(7-11-14-5-6-17-11)15-8-16-12(9)13-4-2/h5-6,8H,3-4,7H2,1-2H3,(H,13,15,16). The first kappa shape index (κ1) is 12.0. The lowest BCUT2D eigenvalue weighted by Crippen LogP contribution is -2.08. The Hall–Kier alpha value is -1.49. The molecule has 0 aromatic carbocycles. The minimum absolute atomic E-state index is 0.793. The molecular weight excluding hydrogens is 232 g/mol. The molecule has 0 aliphatic rings. The minimum Gasteiger partial charge on any atom is -0.370 e. The van der Waals surface area contributed by atoms with Crippen LogP contribution in [-0.4, -0.2) is 21.5 Å². The first-order valence-electron chi connectivity index (χ1n) is 5.80. The van der Waals surface area contributed by atoms with Crippen LogP contribution in [0.1, 0.15) is 30.1 Å². The molecule has 0 amide bonds.